The molecule has 1 aromatic carbocycles. The molecule has 1 aromatic rings. The number of hydrogen-bond donors (Lipinski definition) is 2. The normalized spacial score (nSPS) is 19.3. The lowest BCUT2D eigenvalue weighted by Crippen LogP contribution is -2.47. The van der Waals surface area contributed by atoms with E-state index in [-0.39, 0.29) is 4.99 Å². The monoisotopic (exact) mass is 327 g/mol. The predicted octanol–water partition coefficient (Wildman–Crippen LogP) is 1.58. The molecule has 3 N–H and O–H groups in total. The highest BCUT2D eigenvalue weighted by molar-refractivity contribution is 7.87. The molecule has 0 aliphatic carbocycles. The Bertz CT molecular complexity index is 581. The van der Waals surface area contributed by atoms with Gasteiger partial charge in [-0.1, -0.05) is 49.5 Å². The maximum Gasteiger partial charge on any atom is 0.280 e. The largest absolute Gasteiger partial charge is 0.392 e. The topological polar surface area (TPSA) is 75.4 Å². The molecule has 116 valence electrons. The van der Waals surface area contributed by atoms with E-state index in [0.717, 1.165) is 18.4 Å². The van der Waals surface area contributed by atoms with Crippen molar-refractivity contribution in [3.63, 3.8) is 0 Å². The quantitative estimate of drug-likeness (QED) is 0.805. The number of nitrogens with two attached hydrogens (primary N) is 1. The van der Waals surface area contributed by atoms with Gasteiger partial charge in [-0.15, -0.1) is 0 Å². The van der Waals surface area contributed by atoms with Gasteiger partial charge in [-0.25, -0.2) is 0 Å². The van der Waals surface area contributed by atoms with Crippen molar-refractivity contribution in [3.8, 4) is 0 Å². The molecule has 0 radical (unpaired) electrons. The fourth-order valence-electron chi connectivity index (χ4n) is 2.38. The second-order valence-corrected chi connectivity index (χ2v) is 7.62. The van der Waals surface area contributed by atoms with Gasteiger partial charge in [-0.2, -0.15) is 17.4 Å². The van der Waals surface area contributed by atoms with Gasteiger partial charge in [0, 0.05) is 13.1 Å². The summed E-state index contributed by atoms with van der Waals surface area (Å²) in [5, 5.41) is 0. The predicted molar refractivity (Wildman–Crippen MR) is 88.0 cm³/mol. The molecule has 1 saturated heterocycles. The fourth-order valence-corrected chi connectivity index (χ4v) is 4.06. The van der Waals surface area contributed by atoms with E-state index >= 15 is 0 Å². The number of thiocarbonyl (C=S) groups is 1. The van der Waals surface area contributed by atoms with Crippen molar-refractivity contribution in [1.29, 1.82) is 0 Å². The third-order valence-electron chi connectivity index (χ3n) is 3.77. The summed E-state index contributed by atoms with van der Waals surface area (Å²) in [4.78, 5) is 0.121. The van der Waals surface area contributed by atoms with E-state index in [1.54, 1.807) is 0 Å². The lowest BCUT2D eigenvalue weighted by Gasteiger charge is -2.31. The van der Waals surface area contributed by atoms with E-state index < -0.39 is 16.3 Å². The minimum absolute atomic E-state index is 0.121. The summed E-state index contributed by atoms with van der Waals surface area (Å²) >= 11 is 5.02. The van der Waals surface area contributed by atoms with Gasteiger partial charge in [-0.3, -0.25) is 0 Å². The van der Waals surface area contributed by atoms with Crippen LogP contribution in [-0.4, -0.2) is 30.8 Å². The van der Waals surface area contributed by atoms with E-state index in [0.29, 0.717) is 19.0 Å². The van der Waals surface area contributed by atoms with Crippen LogP contribution in [0.25, 0.3) is 0 Å². The first-order chi connectivity index (χ1) is 9.90. The molecule has 1 aliphatic heterocycles. The van der Waals surface area contributed by atoms with Crippen molar-refractivity contribution >= 4 is 27.4 Å². The van der Waals surface area contributed by atoms with Crippen LogP contribution in [0.2, 0.25) is 0 Å². The van der Waals surface area contributed by atoms with Crippen LogP contribution in [0, 0.1) is 5.92 Å². The Morgan fingerprint density at radius 2 is 1.90 bits per heavy atom. The standard InChI is InChI=1S/C14H21N3O2S2/c1-11-7-9-17(10-8-11)21(18,19)16-13(14(15)20)12-5-3-2-4-6-12/h2-6,11,13,16H,7-10H2,1H3,(H2,15,20). The van der Waals surface area contributed by atoms with Gasteiger partial charge >= 0.3 is 0 Å². The summed E-state index contributed by atoms with van der Waals surface area (Å²) in [6.07, 6.45) is 1.76. The highest BCUT2D eigenvalue weighted by Crippen LogP contribution is 2.20. The zero-order chi connectivity index (χ0) is 15.5. The Balaban J connectivity index is 2.15. The summed E-state index contributed by atoms with van der Waals surface area (Å²) < 4.78 is 29.1. The number of benzene rings is 1. The van der Waals surface area contributed by atoms with Gasteiger partial charge in [0.1, 0.15) is 0 Å². The van der Waals surface area contributed by atoms with Gasteiger partial charge in [0.05, 0.1) is 11.0 Å². The number of nitrogens with zero attached hydrogens (tertiary/aromatic N) is 1. The number of rotatable bonds is 5. The van der Waals surface area contributed by atoms with Gasteiger partial charge < -0.3 is 5.73 Å². The average Bonchev–Trinajstić information content (AvgIpc) is 2.46. The summed E-state index contributed by atoms with van der Waals surface area (Å²) in [5.41, 5.74) is 6.46. The summed E-state index contributed by atoms with van der Waals surface area (Å²) in [5.74, 6) is 0.567. The molecule has 2 rings (SSSR count). The van der Waals surface area contributed by atoms with E-state index in [1.807, 2.05) is 30.3 Å². The van der Waals surface area contributed by atoms with Crippen LogP contribution in [0.1, 0.15) is 31.4 Å². The van der Waals surface area contributed by atoms with Crippen molar-refractivity contribution in [2.75, 3.05) is 13.1 Å². The SMILES string of the molecule is CC1CCN(S(=O)(=O)NC(C(N)=S)c2ccccc2)CC1. The third-order valence-corrected chi connectivity index (χ3v) is 5.58. The van der Waals surface area contributed by atoms with Gasteiger partial charge in [0.15, 0.2) is 0 Å². The van der Waals surface area contributed by atoms with Crippen LogP contribution < -0.4 is 10.5 Å². The lowest BCUT2D eigenvalue weighted by molar-refractivity contribution is 0.284. The summed E-state index contributed by atoms with van der Waals surface area (Å²) in [6.45, 7) is 3.21. The molecule has 0 bridgehead atoms. The molecule has 1 unspecified atom stereocenters. The number of nitrogens with one attached hydrogen (secondary N) is 1. The smallest absolute Gasteiger partial charge is 0.280 e. The van der Waals surface area contributed by atoms with Crippen LogP contribution in [-0.2, 0) is 10.2 Å². The molecule has 1 fully saturated rings. The van der Waals surface area contributed by atoms with Crippen LogP contribution in [0.4, 0.5) is 0 Å². The molecule has 1 heterocycles. The Morgan fingerprint density at radius 3 is 2.43 bits per heavy atom. The molecule has 0 spiro atoms. The summed E-state index contributed by atoms with van der Waals surface area (Å²) in [7, 11) is -3.58. The molecule has 7 heteroatoms. The molecular formula is C14H21N3O2S2. The average molecular weight is 327 g/mol. The fraction of sp³-hybridized carbons (Fsp3) is 0.500. The molecular weight excluding hydrogens is 306 g/mol. The van der Waals surface area contributed by atoms with Crippen LogP contribution in [0.15, 0.2) is 30.3 Å². The van der Waals surface area contributed by atoms with Crippen molar-refractivity contribution in [3.05, 3.63) is 35.9 Å². The highest BCUT2D eigenvalue weighted by atomic mass is 32.2. The zero-order valence-corrected chi connectivity index (χ0v) is 13.7. The van der Waals surface area contributed by atoms with E-state index in [4.69, 9.17) is 18.0 Å². The van der Waals surface area contributed by atoms with Crippen molar-refractivity contribution in [1.82, 2.24) is 9.03 Å². The Kier molecular flexibility index (Phi) is 5.32. The lowest BCUT2D eigenvalue weighted by atomic mass is 10.0. The van der Waals surface area contributed by atoms with E-state index in [1.165, 1.54) is 4.31 Å². The minimum atomic E-state index is -3.58. The first-order valence-electron chi connectivity index (χ1n) is 7.02. The van der Waals surface area contributed by atoms with Gasteiger partial charge in [-0.05, 0) is 24.3 Å². The van der Waals surface area contributed by atoms with E-state index in [9.17, 15) is 8.42 Å². The van der Waals surface area contributed by atoms with Crippen LogP contribution in [0.5, 0.6) is 0 Å². The second-order valence-electron chi connectivity index (χ2n) is 5.45. The first-order valence-corrected chi connectivity index (χ1v) is 8.86. The molecule has 1 atom stereocenters. The van der Waals surface area contributed by atoms with Crippen LogP contribution in [0.3, 0.4) is 0 Å². The highest BCUT2D eigenvalue weighted by Gasteiger charge is 2.29. The van der Waals surface area contributed by atoms with E-state index in [2.05, 4.69) is 11.6 Å². The molecule has 21 heavy (non-hydrogen) atoms. The molecule has 1 aliphatic rings. The molecule has 0 aromatic heterocycles. The molecule has 0 saturated carbocycles. The molecule has 0 amide bonds. The van der Waals surface area contributed by atoms with Gasteiger partial charge in [0.2, 0.25) is 0 Å². The van der Waals surface area contributed by atoms with Gasteiger partial charge in [0.25, 0.3) is 10.2 Å². The van der Waals surface area contributed by atoms with Crippen molar-refractivity contribution < 1.29 is 8.42 Å². The molecule has 5 nitrogen and oxygen atoms in total. The second kappa shape index (κ2) is 6.83. The Hall–Kier alpha value is -1.02. The van der Waals surface area contributed by atoms with Crippen molar-refractivity contribution in [2.24, 2.45) is 11.7 Å². The number of hydrogen-bond acceptors (Lipinski definition) is 3. The zero-order valence-electron chi connectivity index (χ0n) is 12.0. The maximum atomic E-state index is 12.5. The maximum absolute atomic E-state index is 12.5. The third kappa shape index (κ3) is 4.23. The van der Waals surface area contributed by atoms with Crippen LogP contribution >= 0.6 is 12.2 Å². The first kappa shape index (κ1) is 16.4. The Morgan fingerprint density at radius 1 is 1.33 bits per heavy atom. The summed E-state index contributed by atoms with van der Waals surface area (Å²) in [6, 6.07) is 8.47. The minimum Gasteiger partial charge on any atom is -0.392 e. The Labute approximate surface area is 131 Å². The number of piperidine rings is 1. The van der Waals surface area contributed by atoms with Crippen molar-refractivity contribution in [2.45, 2.75) is 25.8 Å².